The SMILES string of the molecule is O=C(O)c1cncnc1N1CC(C(=O)O)CC1=O. The van der Waals surface area contributed by atoms with Gasteiger partial charge in [-0.15, -0.1) is 0 Å². The number of rotatable bonds is 3. The molecule has 1 aromatic heterocycles. The summed E-state index contributed by atoms with van der Waals surface area (Å²) >= 11 is 0. The maximum absolute atomic E-state index is 11.7. The molecule has 2 N–H and O–H groups in total. The summed E-state index contributed by atoms with van der Waals surface area (Å²) in [5.74, 6) is -3.71. The van der Waals surface area contributed by atoms with E-state index in [1.165, 1.54) is 0 Å². The molecule has 2 heterocycles. The van der Waals surface area contributed by atoms with E-state index >= 15 is 0 Å². The van der Waals surface area contributed by atoms with Gasteiger partial charge in [-0.1, -0.05) is 0 Å². The second kappa shape index (κ2) is 4.40. The molecule has 0 saturated carbocycles. The average molecular weight is 251 g/mol. The fourth-order valence-corrected chi connectivity index (χ4v) is 1.77. The standard InChI is InChI=1S/C10H9N3O5/c14-7-1-5(9(15)16)3-13(7)8-6(10(17)18)2-11-4-12-8/h2,4-5H,1,3H2,(H,15,16)(H,17,18). The maximum Gasteiger partial charge on any atom is 0.341 e. The van der Waals surface area contributed by atoms with Gasteiger partial charge in [0.2, 0.25) is 5.91 Å². The van der Waals surface area contributed by atoms with Crippen LogP contribution in [0.25, 0.3) is 0 Å². The molecule has 8 heteroatoms. The van der Waals surface area contributed by atoms with Crippen molar-refractivity contribution in [3.05, 3.63) is 18.1 Å². The Hall–Kier alpha value is -2.51. The lowest BCUT2D eigenvalue weighted by molar-refractivity contribution is -0.141. The van der Waals surface area contributed by atoms with Gasteiger partial charge in [0, 0.05) is 19.2 Å². The fraction of sp³-hybridized carbons (Fsp3) is 0.300. The molecule has 1 amide bonds. The third-order valence-corrected chi connectivity index (χ3v) is 2.65. The number of amides is 1. The minimum atomic E-state index is -1.27. The Kier molecular flexibility index (Phi) is 2.92. The molecule has 0 aliphatic carbocycles. The molecule has 2 rings (SSSR count). The van der Waals surface area contributed by atoms with E-state index < -0.39 is 23.8 Å². The monoisotopic (exact) mass is 251 g/mol. The molecular weight excluding hydrogens is 242 g/mol. The molecule has 1 aromatic rings. The van der Waals surface area contributed by atoms with Gasteiger partial charge in [-0.05, 0) is 0 Å². The molecule has 0 aromatic carbocycles. The van der Waals surface area contributed by atoms with E-state index in [1.807, 2.05) is 0 Å². The summed E-state index contributed by atoms with van der Waals surface area (Å²) < 4.78 is 0. The van der Waals surface area contributed by atoms with Gasteiger partial charge in [0.25, 0.3) is 0 Å². The molecule has 1 fully saturated rings. The molecule has 1 unspecified atom stereocenters. The molecule has 94 valence electrons. The van der Waals surface area contributed by atoms with Crippen molar-refractivity contribution in [2.45, 2.75) is 6.42 Å². The van der Waals surface area contributed by atoms with Crippen LogP contribution in [0.4, 0.5) is 5.82 Å². The lowest BCUT2D eigenvalue weighted by Crippen LogP contribution is -2.28. The first-order valence-electron chi connectivity index (χ1n) is 5.07. The predicted molar refractivity (Wildman–Crippen MR) is 57.1 cm³/mol. The molecule has 1 atom stereocenters. The molecular formula is C10H9N3O5. The Labute approximate surface area is 101 Å². The van der Waals surface area contributed by atoms with Crippen molar-refractivity contribution < 1.29 is 24.6 Å². The van der Waals surface area contributed by atoms with Crippen LogP contribution in [-0.4, -0.2) is 44.6 Å². The molecule has 1 aliphatic heterocycles. The Morgan fingerprint density at radius 1 is 1.39 bits per heavy atom. The van der Waals surface area contributed by atoms with Gasteiger partial charge in [-0.2, -0.15) is 0 Å². The first-order valence-corrected chi connectivity index (χ1v) is 5.07. The maximum atomic E-state index is 11.7. The quantitative estimate of drug-likeness (QED) is 0.750. The number of aromatic nitrogens is 2. The summed E-state index contributed by atoms with van der Waals surface area (Å²) in [6.07, 6.45) is 2.04. The van der Waals surface area contributed by atoms with E-state index in [9.17, 15) is 14.4 Å². The number of hydrogen-bond acceptors (Lipinski definition) is 5. The highest BCUT2D eigenvalue weighted by Crippen LogP contribution is 2.25. The Balaban J connectivity index is 2.35. The lowest BCUT2D eigenvalue weighted by Gasteiger charge is -2.16. The minimum absolute atomic E-state index is 0.0637. The van der Waals surface area contributed by atoms with Gasteiger partial charge in [0.05, 0.1) is 5.92 Å². The van der Waals surface area contributed by atoms with Crippen molar-refractivity contribution in [1.29, 1.82) is 0 Å². The van der Waals surface area contributed by atoms with E-state index in [0.29, 0.717) is 0 Å². The third-order valence-electron chi connectivity index (χ3n) is 2.65. The molecule has 0 bridgehead atoms. The first-order chi connectivity index (χ1) is 8.50. The zero-order chi connectivity index (χ0) is 13.3. The van der Waals surface area contributed by atoms with Crippen molar-refractivity contribution in [3.63, 3.8) is 0 Å². The predicted octanol–water partition coefficient (Wildman–Crippen LogP) is -0.388. The summed E-state index contributed by atoms with van der Waals surface area (Å²) in [5, 5.41) is 17.8. The van der Waals surface area contributed by atoms with E-state index in [2.05, 4.69) is 9.97 Å². The molecule has 1 aliphatic rings. The largest absolute Gasteiger partial charge is 0.481 e. The highest BCUT2D eigenvalue weighted by molar-refractivity contribution is 6.03. The van der Waals surface area contributed by atoms with Crippen LogP contribution in [0.5, 0.6) is 0 Å². The van der Waals surface area contributed by atoms with E-state index in [1.54, 1.807) is 0 Å². The van der Waals surface area contributed by atoms with Gasteiger partial charge in [-0.25, -0.2) is 14.8 Å². The normalized spacial score (nSPS) is 19.0. The second-order valence-corrected chi connectivity index (χ2v) is 3.81. The molecule has 0 spiro atoms. The van der Waals surface area contributed by atoms with Gasteiger partial charge in [0.15, 0.2) is 5.82 Å². The van der Waals surface area contributed by atoms with Gasteiger partial charge in [0.1, 0.15) is 11.9 Å². The van der Waals surface area contributed by atoms with Crippen molar-refractivity contribution in [3.8, 4) is 0 Å². The summed E-state index contributed by atoms with van der Waals surface area (Å²) in [4.78, 5) is 41.8. The van der Waals surface area contributed by atoms with Crippen LogP contribution in [0.1, 0.15) is 16.8 Å². The van der Waals surface area contributed by atoms with Crippen molar-refractivity contribution >= 4 is 23.7 Å². The molecule has 0 radical (unpaired) electrons. The number of hydrogen-bond donors (Lipinski definition) is 2. The van der Waals surface area contributed by atoms with Crippen LogP contribution in [0, 0.1) is 5.92 Å². The van der Waals surface area contributed by atoms with Crippen molar-refractivity contribution in [1.82, 2.24) is 9.97 Å². The van der Waals surface area contributed by atoms with Crippen LogP contribution in [0.15, 0.2) is 12.5 Å². The topological polar surface area (TPSA) is 121 Å². The zero-order valence-electron chi connectivity index (χ0n) is 9.11. The number of nitrogens with zero attached hydrogens (tertiary/aromatic N) is 3. The van der Waals surface area contributed by atoms with Gasteiger partial charge >= 0.3 is 11.9 Å². The molecule has 1 saturated heterocycles. The van der Waals surface area contributed by atoms with E-state index in [4.69, 9.17) is 10.2 Å². The Bertz CT molecular complexity index is 530. The van der Waals surface area contributed by atoms with E-state index in [0.717, 1.165) is 17.4 Å². The lowest BCUT2D eigenvalue weighted by atomic mass is 10.1. The van der Waals surface area contributed by atoms with Crippen molar-refractivity contribution in [2.24, 2.45) is 5.92 Å². The summed E-state index contributed by atoms with van der Waals surface area (Å²) in [7, 11) is 0. The van der Waals surface area contributed by atoms with E-state index in [-0.39, 0.29) is 24.3 Å². The van der Waals surface area contributed by atoms with Crippen LogP contribution < -0.4 is 4.90 Å². The second-order valence-electron chi connectivity index (χ2n) is 3.81. The summed E-state index contributed by atoms with van der Waals surface area (Å²) in [6.45, 7) is -0.0779. The average Bonchev–Trinajstić information content (AvgIpc) is 2.71. The fourth-order valence-electron chi connectivity index (χ4n) is 1.77. The number of carbonyl (C=O) groups is 3. The van der Waals surface area contributed by atoms with Crippen LogP contribution >= 0.6 is 0 Å². The van der Waals surface area contributed by atoms with Crippen LogP contribution in [0.2, 0.25) is 0 Å². The number of aliphatic carboxylic acids is 1. The molecule has 8 nitrogen and oxygen atoms in total. The smallest absolute Gasteiger partial charge is 0.341 e. The number of carboxylic acids is 2. The molecule has 18 heavy (non-hydrogen) atoms. The highest BCUT2D eigenvalue weighted by Gasteiger charge is 2.37. The number of carbonyl (C=O) groups excluding carboxylic acids is 1. The Morgan fingerprint density at radius 3 is 2.67 bits per heavy atom. The van der Waals surface area contributed by atoms with Crippen LogP contribution in [0.3, 0.4) is 0 Å². The van der Waals surface area contributed by atoms with Gasteiger partial charge < -0.3 is 10.2 Å². The summed E-state index contributed by atoms with van der Waals surface area (Å²) in [6, 6.07) is 0. The number of anilines is 1. The van der Waals surface area contributed by atoms with Crippen molar-refractivity contribution in [2.75, 3.05) is 11.4 Å². The van der Waals surface area contributed by atoms with Crippen LogP contribution in [-0.2, 0) is 9.59 Å². The minimum Gasteiger partial charge on any atom is -0.481 e. The third kappa shape index (κ3) is 1.99. The first kappa shape index (κ1) is 12.0. The number of carboxylic acid groups (broad SMARTS) is 2. The number of aromatic carboxylic acids is 1. The summed E-state index contributed by atoms with van der Waals surface area (Å²) in [5.41, 5.74) is -0.225. The Morgan fingerprint density at radius 2 is 2.11 bits per heavy atom. The van der Waals surface area contributed by atoms with Gasteiger partial charge in [-0.3, -0.25) is 14.5 Å². The highest BCUT2D eigenvalue weighted by atomic mass is 16.4. The zero-order valence-corrected chi connectivity index (χ0v) is 9.11.